The number of nitriles is 1. The van der Waals surface area contributed by atoms with Gasteiger partial charge in [-0.3, -0.25) is 4.79 Å². The molecule has 1 aliphatic rings. The summed E-state index contributed by atoms with van der Waals surface area (Å²) in [6.45, 7) is 4.14. The van der Waals surface area contributed by atoms with Gasteiger partial charge in [-0.25, -0.2) is 0 Å². The predicted molar refractivity (Wildman–Crippen MR) is 78.9 cm³/mol. The standard InChI is InChI=1S/C15H18N4O/c1-18-6-8-19(9-7-18)14-4-2-12(3-5-14)10-13(11-16)15(17)20/h2-5,10H,6-9H2,1H3,(H2,17,20)/b13-10-. The van der Waals surface area contributed by atoms with E-state index >= 15 is 0 Å². The van der Waals surface area contributed by atoms with E-state index in [0.717, 1.165) is 37.4 Å². The molecule has 0 radical (unpaired) electrons. The molecular formula is C15H18N4O. The monoisotopic (exact) mass is 270 g/mol. The average Bonchev–Trinajstić information content (AvgIpc) is 2.46. The van der Waals surface area contributed by atoms with Crippen LogP contribution >= 0.6 is 0 Å². The van der Waals surface area contributed by atoms with Gasteiger partial charge < -0.3 is 15.5 Å². The molecule has 1 aliphatic heterocycles. The number of primary amides is 1. The van der Waals surface area contributed by atoms with Crippen LogP contribution in [0.3, 0.4) is 0 Å². The number of amides is 1. The third kappa shape index (κ3) is 3.37. The minimum absolute atomic E-state index is 0.0302. The number of nitrogens with two attached hydrogens (primary N) is 1. The summed E-state index contributed by atoms with van der Waals surface area (Å²) in [5.41, 5.74) is 7.05. The normalized spacial score (nSPS) is 16.8. The zero-order valence-corrected chi connectivity index (χ0v) is 11.5. The van der Waals surface area contributed by atoms with Crippen LogP contribution in [-0.4, -0.2) is 44.0 Å². The molecule has 0 unspecified atom stereocenters. The van der Waals surface area contributed by atoms with Crippen molar-refractivity contribution in [2.75, 3.05) is 38.1 Å². The van der Waals surface area contributed by atoms with Crippen molar-refractivity contribution in [3.8, 4) is 6.07 Å². The van der Waals surface area contributed by atoms with Crippen molar-refractivity contribution in [1.82, 2.24) is 4.90 Å². The van der Waals surface area contributed by atoms with Gasteiger partial charge in [0.15, 0.2) is 0 Å². The smallest absolute Gasteiger partial charge is 0.259 e. The Bertz CT molecular complexity index is 548. The summed E-state index contributed by atoms with van der Waals surface area (Å²) in [4.78, 5) is 15.6. The molecule has 1 aromatic rings. The molecule has 1 saturated heterocycles. The van der Waals surface area contributed by atoms with Crippen LogP contribution < -0.4 is 10.6 Å². The van der Waals surface area contributed by atoms with Gasteiger partial charge in [0.05, 0.1) is 0 Å². The number of hydrogen-bond acceptors (Lipinski definition) is 4. The Morgan fingerprint density at radius 1 is 1.25 bits per heavy atom. The van der Waals surface area contributed by atoms with E-state index in [-0.39, 0.29) is 5.57 Å². The summed E-state index contributed by atoms with van der Waals surface area (Å²) >= 11 is 0. The third-order valence-electron chi connectivity index (χ3n) is 3.46. The molecule has 0 saturated carbocycles. The van der Waals surface area contributed by atoms with Crippen LogP contribution in [0, 0.1) is 11.3 Å². The van der Waals surface area contributed by atoms with Crippen LogP contribution in [0.15, 0.2) is 29.8 Å². The molecular weight excluding hydrogens is 252 g/mol. The highest BCUT2D eigenvalue weighted by Gasteiger charge is 2.13. The molecule has 1 aromatic carbocycles. The second-order valence-electron chi connectivity index (χ2n) is 4.92. The molecule has 20 heavy (non-hydrogen) atoms. The summed E-state index contributed by atoms with van der Waals surface area (Å²) in [6.07, 6.45) is 1.51. The number of piperazine rings is 1. The van der Waals surface area contributed by atoms with Gasteiger partial charge in [0.25, 0.3) is 5.91 Å². The van der Waals surface area contributed by atoms with E-state index in [0.29, 0.717) is 0 Å². The lowest BCUT2D eigenvalue weighted by Gasteiger charge is -2.34. The maximum atomic E-state index is 11.0. The minimum Gasteiger partial charge on any atom is -0.369 e. The highest BCUT2D eigenvalue weighted by atomic mass is 16.1. The van der Waals surface area contributed by atoms with Crippen molar-refractivity contribution < 1.29 is 4.79 Å². The van der Waals surface area contributed by atoms with Crippen molar-refractivity contribution >= 4 is 17.7 Å². The Hall–Kier alpha value is -2.32. The van der Waals surface area contributed by atoms with Crippen molar-refractivity contribution in [1.29, 1.82) is 5.26 Å². The number of benzene rings is 1. The summed E-state index contributed by atoms with van der Waals surface area (Å²) < 4.78 is 0. The fourth-order valence-corrected chi connectivity index (χ4v) is 2.17. The average molecular weight is 270 g/mol. The van der Waals surface area contributed by atoms with Gasteiger partial charge in [-0.05, 0) is 30.8 Å². The second-order valence-corrected chi connectivity index (χ2v) is 4.92. The molecule has 0 aromatic heterocycles. The number of likely N-dealkylation sites (N-methyl/N-ethyl adjacent to an activating group) is 1. The van der Waals surface area contributed by atoms with E-state index in [9.17, 15) is 4.79 Å². The Morgan fingerprint density at radius 3 is 2.35 bits per heavy atom. The molecule has 2 rings (SSSR count). The van der Waals surface area contributed by atoms with E-state index in [4.69, 9.17) is 11.0 Å². The number of carbonyl (C=O) groups is 1. The molecule has 2 N–H and O–H groups in total. The third-order valence-corrected chi connectivity index (χ3v) is 3.46. The lowest BCUT2D eigenvalue weighted by atomic mass is 10.1. The Morgan fingerprint density at radius 2 is 1.85 bits per heavy atom. The first-order chi connectivity index (χ1) is 9.60. The number of nitrogens with zero attached hydrogens (tertiary/aromatic N) is 3. The molecule has 0 spiro atoms. The van der Waals surface area contributed by atoms with Gasteiger partial charge in [0, 0.05) is 31.9 Å². The molecule has 0 bridgehead atoms. The molecule has 5 heteroatoms. The summed E-state index contributed by atoms with van der Waals surface area (Å²) in [7, 11) is 2.12. The maximum absolute atomic E-state index is 11.0. The first kappa shape index (κ1) is 14.1. The van der Waals surface area contributed by atoms with Crippen LogP contribution in [0.1, 0.15) is 5.56 Å². The molecule has 1 fully saturated rings. The van der Waals surface area contributed by atoms with Crippen LogP contribution in [0.5, 0.6) is 0 Å². The summed E-state index contributed by atoms with van der Waals surface area (Å²) in [5, 5.41) is 8.81. The van der Waals surface area contributed by atoms with Crippen molar-refractivity contribution in [3.63, 3.8) is 0 Å². The second kappa shape index (κ2) is 6.22. The highest BCUT2D eigenvalue weighted by Crippen LogP contribution is 2.18. The topological polar surface area (TPSA) is 73.4 Å². The number of hydrogen-bond donors (Lipinski definition) is 1. The fourth-order valence-electron chi connectivity index (χ4n) is 2.17. The highest BCUT2D eigenvalue weighted by molar-refractivity contribution is 6.00. The fraction of sp³-hybridized carbons (Fsp3) is 0.333. The molecule has 0 atom stereocenters. The van der Waals surface area contributed by atoms with E-state index < -0.39 is 5.91 Å². The van der Waals surface area contributed by atoms with Gasteiger partial charge >= 0.3 is 0 Å². The van der Waals surface area contributed by atoms with Gasteiger partial charge in [0.1, 0.15) is 11.6 Å². The van der Waals surface area contributed by atoms with Crippen molar-refractivity contribution in [3.05, 3.63) is 35.4 Å². The zero-order chi connectivity index (χ0) is 14.5. The lowest BCUT2D eigenvalue weighted by Crippen LogP contribution is -2.44. The van der Waals surface area contributed by atoms with Gasteiger partial charge in [0.2, 0.25) is 0 Å². The number of anilines is 1. The van der Waals surface area contributed by atoms with E-state index in [1.165, 1.54) is 6.08 Å². The van der Waals surface area contributed by atoms with Gasteiger partial charge in [-0.2, -0.15) is 5.26 Å². The number of carbonyl (C=O) groups excluding carboxylic acids is 1. The summed E-state index contributed by atoms with van der Waals surface area (Å²) in [6, 6.07) is 9.61. The van der Waals surface area contributed by atoms with Gasteiger partial charge in [-0.1, -0.05) is 12.1 Å². The van der Waals surface area contributed by atoms with Crippen LogP contribution in [0.25, 0.3) is 6.08 Å². The number of rotatable bonds is 3. The Kier molecular flexibility index (Phi) is 4.38. The van der Waals surface area contributed by atoms with E-state index in [1.807, 2.05) is 24.3 Å². The largest absolute Gasteiger partial charge is 0.369 e. The first-order valence-electron chi connectivity index (χ1n) is 6.55. The zero-order valence-electron chi connectivity index (χ0n) is 11.5. The van der Waals surface area contributed by atoms with Crippen molar-refractivity contribution in [2.24, 2.45) is 5.73 Å². The summed E-state index contributed by atoms with van der Waals surface area (Å²) in [5.74, 6) is -0.698. The lowest BCUT2D eigenvalue weighted by molar-refractivity contribution is -0.114. The molecule has 104 valence electrons. The molecule has 1 heterocycles. The Labute approximate surface area is 118 Å². The maximum Gasteiger partial charge on any atom is 0.259 e. The molecule has 1 amide bonds. The predicted octanol–water partition coefficient (Wildman–Crippen LogP) is 0.831. The Balaban J connectivity index is 2.11. The first-order valence-corrected chi connectivity index (χ1v) is 6.55. The van der Waals surface area contributed by atoms with Crippen LogP contribution in [0.2, 0.25) is 0 Å². The SMILES string of the molecule is CN1CCN(c2ccc(/C=C(/C#N)C(N)=O)cc2)CC1. The minimum atomic E-state index is -0.698. The van der Waals surface area contributed by atoms with Crippen LogP contribution in [0.4, 0.5) is 5.69 Å². The van der Waals surface area contributed by atoms with E-state index in [2.05, 4.69) is 16.8 Å². The quantitative estimate of drug-likeness (QED) is 0.652. The van der Waals surface area contributed by atoms with Crippen LogP contribution in [-0.2, 0) is 4.79 Å². The van der Waals surface area contributed by atoms with E-state index in [1.54, 1.807) is 6.07 Å². The van der Waals surface area contributed by atoms with Crippen molar-refractivity contribution in [2.45, 2.75) is 0 Å². The molecule has 5 nitrogen and oxygen atoms in total. The molecule has 0 aliphatic carbocycles. The van der Waals surface area contributed by atoms with Gasteiger partial charge in [-0.15, -0.1) is 0 Å².